The maximum Gasteiger partial charge on any atom is 0.0174 e. The van der Waals surface area contributed by atoms with Crippen LogP contribution in [0.1, 0.15) is 51.9 Å². The number of hydrogen-bond donors (Lipinski definition) is 0. The lowest BCUT2D eigenvalue weighted by Crippen LogP contribution is -2.28. The van der Waals surface area contributed by atoms with Crippen LogP contribution in [0.5, 0.6) is 0 Å². The summed E-state index contributed by atoms with van der Waals surface area (Å²) in [6.45, 7) is 8.89. The second-order valence-electron chi connectivity index (χ2n) is 4.07. The Morgan fingerprint density at radius 2 is 2.08 bits per heavy atom. The number of rotatable bonds is 5. The van der Waals surface area contributed by atoms with Gasteiger partial charge in [0.15, 0.2) is 0 Å². The Kier molecular flexibility index (Phi) is 4.95. The van der Waals surface area contributed by atoms with E-state index in [1.54, 1.807) is 0 Å². The first kappa shape index (κ1) is 10.6. The Hall–Kier alpha value is -0.460. The van der Waals surface area contributed by atoms with Crippen LogP contribution in [0.2, 0.25) is 0 Å². The summed E-state index contributed by atoms with van der Waals surface area (Å²) in [4.78, 5) is 2.49. The number of allylic oxidation sites excluding steroid dienone is 1. The Balaban J connectivity index is 2.08. The van der Waals surface area contributed by atoms with Crippen molar-refractivity contribution in [3.63, 3.8) is 0 Å². The average molecular weight is 181 g/mol. The van der Waals surface area contributed by atoms with Crippen molar-refractivity contribution in [2.24, 2.45) is 0 Å². The molecule has 1 heteroatoms. The van der Waals surface area contributed by atoms with E-state index >= 15 is 0 Å². The largest absolute Gasteiger partial charge is 0.375 e. The van der Waals surface area contributed by atoms with E-state index in [2.05, 4.69) is 18.4 Å². The predicted molar refractivity (Wildman–Crippen MR) is 58.7 cm³/mol. The Labute approximate surface area is 82.8 Å². The number of piperidine rings is 1. The maximum atomic E-state index is 4.12. The van der Waals surface area contributed by atoms with Crippen LogP contribution < -0.4 is 0 Å². The molecule has 0 radical (unpaired) electrons. The van der Waals surface area contributed by atoms with Gasteiger partial charge in [-0.2, -0.15) is 0 Å². The monoisotopic (exact) mass is 181 g/mol. The molecule has 0 spiro atoms. The van der Waals surface area contributed by atoms with Gasteiger partial charge >= 0.3 is 0 Å². The highest BCUT2D eigenvalue weighted by molar-refractivity contribution is 4.96. The molecule has 1 fully saturated rings. The van der Waals surface area contributed by atoms with Crippen LogP contribution in [0.25, 0.3) is 0 Å². The molecule has 1 nitrogen and oxygen atoms in total. The van der Waals surface area contributed by atoms with E-state index in [-0.39, 0.29) is 0 Å². The van der Waals surface area contributed by atoms with E-state index in [0.29, 0.717) is 0 Å². The minimum Gasteiger partial charge on any atom is -0.375 e. The van der Waals surface area contributed by atoms with E-state index in [4.69, 9.17) is 0 Å². The van der Waals surface area contributed by atoms with Gasteiger partial charge in [-0.1, -0.05) is 32.8 Å². The molecule has 0 N–H and O–H groups in total. The third-order valence-corrected chi connectivity index (χ3v) is 2.87. The molecule has 0 bridgehead atoms. The number of unbranched alkanes of at least 4 members (excludes halogenated alkanes) is 3. The van der Waals surface area contributed by atoms with Crippen molar-refractivity contribution < 1.29 is 0 Å². The predicted octanol–water partition coefficient (Wildman–Crippen LogP) is 3.57. The van der Waals surface area contributed by atoms with Crippen molar-refractivity contribution in [2.45, 2.75) is 51.9 Å². The van der Waals surface area contributed by atoms with Crippen LogP contribution in [0.4, 0.5) is 0 Å². The van der Waals surface area contributed by atoms with Gasteiger partial charge in [-0.05, 0) is 25.7 Å². The van der Waals surface area contributed by atoms with Gasteiger partial charge in [0.25, 0.3) is 0 Å². The molecule has 0 aromatic rings. The van der Waals surface area contributed by atoms with E-state index in [1.807, 2.05) is 0 Å². The van der Waals surface area contributed by atoms with Crippen molar-refractivity contribution in [1.82, 2.24) is 4.90 Å². The first-order valence-electron chi connectivity index (χ1n) is 5.77. The van der Waals surface area contributed by atoms with E-state index in [9.17, 15) is 0 Å². The summed E-state index contributed by atoms with van der Waals surface area (Å²) in [5.41, 5.74) is 1.38. The van der Waals surface area contributed by atoms with Gasteiger partial charge in [-0.25, -0.2) is 0 Å². The second kappa shape index (κ2) is 6.06. The van der Waals surface area contributed by atoms with Crippen LogP contribution in [-0.2, 0) is 0 Å². The first-order chi connectivity index (χ1) is 6.34. The van der Waals surface area contributed by atoms with E-state index in [0.717, 1.165) is 0 Å². The summed E-state index contributed by atoms with van der Waals surface area (Å²) in [6, 6.07) is 0. The van der Waals surface area contributed by atoms with Gasteiger partial charge in [0.2, 0.25) is 0 Å². The first-order valence-corrected chi connectivity index (χ1v) is 5.77. The van der Waals surface area contributed by atoms with Crippen molar-refractivity contribution in [2.75, 3.05) is 13.1 Å². The van der Waals surface area contributed by atoms with Crippen LogP contribution in [0.15, 0.2) is 12.3 Å². The fraction of sp³-hybridized carbons (Fsp3) is 0.833. The van der Waals surface area contributed by atoms with Gasteiger partial charge < -0.3 is 4.90 Å². The molecule has 0 amide bonds. The third kappa shape index (κ3) is 3.84. The highest BCUT2D eigenvalue weighted by Gasteiger charge is 2.11. The molecule has 1 saturated heterocycles. The molecular weight excluding hydrogens is 158 g/mol. The molecule has 0 unspecified atom stereocenters. The zero-order valence-corrected chi connectivity index (χ0v) is 9.02. The van der Waals surface area contributed by atoms with Crippen LogP contribution in [0, 0.1) is 0 Å². The minimum atomic E-state index is 1.23. The molecule has 0 saturated carbocycles. The SMILES string of the molecule is C=C1CCCCN1CCCCCC. The topological polar surface area (TPSA) is 3.24 Å². The average Bonchev–Trinajstić information content (AvgIpc) is 2.15. The van der Waals surface area contributed by atoms with E-state index in [1.165, 1.54) is 63.7 Å². The fourth-order valence-corrected chi connectivity index (χ4v) is 1.95. The fourth-order valence-electron chi connectivity index (χ4n) is 1.95. The van der Waals surface area contributed by atoms with Gasteiger partial charge in [0.1, 0.15) is 0 Å². The molecule has 0 atom stereocenters. The zero-order chi connectivity index (χ0) is 9.52. The number of likely N-dealkylation sites (tertiary alicyclic amines) is 1. The molecule has 0 aromatic heterocycles. The molecule has 1 rings (SSSR count). The summed E-state index contributed by atoms with van der Waals surface area (Å²) in [6.07, 6.45) is 9.42. The van der Waals surface area contributed by atoms with Gasteiger partial charge in [-0.15, -0.1) is 0 Å². The Morgan fingerprint density at radius 3 is 2.77 bits per heavy atom. The molecule has 0 aromatic carbocycles. The minimum absolute atomic E-state index is 1.23. The number of hydrogen-bond acceptors (Lipinski definition) is 1. The lowest BCUT2D eigenvalue weighted by Gasteiger charge is -2.30. The molecule has 1 aliphatic rings. The molecule has 76 valence electrons. The Morgan fingerprint density at radius 1 is 1.23 bits per heavy atom. The van der Waals surface area contributed by atoms with Crippen molar-refractivity contribution in [1.29, 1.82) is 0 Å². The summed E-state index contributed by atoms with van der Waals surface area (Å²) in [7, 11) is 0. The van der Waals surface area contributed by atoms with Crippen molar-refractivity contribution >= 4 is 0 Å². The molecule has 13 heavy (non-hydrogen) atoms. The van der Waals surface area contributed by atoms with E-state index < -0.39 is 0 Å². The summed E-state index contributed by atoms with van der Waals surface area (Å²) in [5.74, 6) is 0. The quantitative estimate of drug-likeness (QED) is 0.586. The maximum absolute atomic E-state index is 4.12. The van der Waals surface area contributed by atoms with Crippen molar-refractivity contribution in [3.05, 3.63) is 12.3 Å². The van der Waals surface area contributed by atoms with Crippen molar-refractivity contribution in [3.8, 4) is 0 Å². The lowest BCUT2D eigenvalue weighted by atomic mass is 10.1. The standard InChI is InChI=1S/C12H23N/c1-3-4-5-7-10-13-11-8-6-9-12(13)2/h2-11H2,1H3. The van der Waals surface area contributed by atoms with Gasteiger partial charge in [0, 0.05) is 18.8 Å². The van der Waals surface area contributed by atoms with Crippen LogP contribution in [-0.4, -0.2) is 18.0 Å². The van der Waals surface area contributed by atoms with Gasteiger partial charge in [0.05, 0.1) is 0 Å². The van der Waals surface area contributed by atoms with Gasteiger partial charge in [-0.3, -0.25) is 0 Å². The molecule has 1 aliphatic heterocycles. The molecule has 1 heterocycles. The molecule has 0 aliphatic carbocycles. The summed E-state index contributed by atoms with van der Waals surface area (Å²) < 4.78 is 0. The smallest absolute Gasteiger partial charge is 0.0174 e. The highest BCUT2D eigenvalue weighted by Crippen LogP contribution is 2.19. The van der Waals surface area contributed by atoms with Crippen LogP contribution >= 0.6 is 0 Å². The zero-order valence-electron chi connectivity index (χ0n) is 9.02. The summed E-state index contributed by atoms with van der Waals surface area (Å²) in [5, 5.41) is 0. The lowest BCUT2D eigenvalue weighted by molar-refractivity contribution is 0.285. The second-order valence-corrected chi connectivity index (χ2v) is 4.07. The highest BCUT2D eigenvalue weighted by atomic mass is 15.1. The molecular formula is C12H23N. The normalized spacial score (nSPS) is 17.9. The third-order valence-electron chi connectivity index (χ3n) is 2.87. The summed E-state index contributed by atoms with van der Waals surface area (Å²) >= 11 is 0. The van der Waals surface area contributed by atoms with Crippen LogP contribution in [0.3, 0.4) is 0 Å². The number of nitrogens with zero attached hydrogens (tertiary/aromatic N) is 1. The Bertz CT molecular complexity index is 151.